The van der Waals surface area contributed by atoms with Gasteiger partial charge in [0.1, 0.15) is 0 Å². The molecule has 0 saturated heterocycles. The topological polar surface area (TPSA) is 0 Å². The van der Waals surface area contributed by atoms with E-state index < -0.39 is 0 Å². The van der Waals surface area contributed by atoms with Crippen molar-refractivity contribution < 1.29 is 0 Å². The summed E-state index contributed by atoms with van der Waals surface area (Å²) in [5.41, 5.74) is 0. The van der Waals surface area contributed by atoms with Crippen LogP contribution in [0.4, 0.5) is 0 Å². The van der Waals surface area contributed by atoms with E-state index in [-0.39, 0.29) is 0 Å². The number of hydrogen-bond donors (Lipinski definition) is 0. The van der Waals surface area contributed by atoms with Crippen LogP contribution in [0, 0.1) is 47.3 Å². The molecular formula is C32H54. The Balaban J connectivity index is 1.07. The van der Waals surface area contributed by atoms with Crippen molar-refractivity contribution in [2.24, 2.45) is 47.3 Å². The van der Waals surface area contributed by atoms with E-state index in [0.717, 1.165) is 47.3 Å². The van der Waals surface area contributed by atoms with Gasteiger partial charge in [-0.3, -0.25) is 0 Å². The molecule has 4 aliphatic carbocycles. The van der Waals surface area contributed by atoms with Crippen LogP contribution in [0.15, 0.2) is 24.3 Å². The van der Waals surface area contributed by atoms with Gasteiger partial charge in [0.25, 0.3) is 0 Å². The molecule has 4 aliphatic rings. The Bertz CT molecular complexity index is 553. The molecule has 0 aromatic carbocycles. The Morgan fingerprint density at radius 2 is 0.969 bits per heavy atom. The molecule has 182 valence electrons. The van der Waals surface area contributed by atoms with Gasteiger partial charge in [0, 0.05) is 0 Å². The Kier molecular flexibility index (Phi) is 9.84. The average molecular weight is 439 g/mol. The van der Waals surface area contributed by atoms with Crippen molar-refractivity contribution in [1.29, 1.82) is 0 Å². The first-order chi connectivity index (χ1) is 15.7. The van der Waals surface area contributed by atoms with Crippen LogP contribution in [0.25, 0.3) is 0 Å². The highest BCUT2D eigenvalue weighted by molar-refractivity contribution is 4.95. The summed E-state index contributed by atoms with van der Waals surface area (Å²) in [5, 5.41) is 0. The van der Waals surface area contributed by atoms with Crippen molar-refractivity contribution in [2.45, 2.75) is 129 Å². The maximum absolute atomic E-state index is 2.59. The van der Waals surface area contributed by atoms with Crippen molar-refractivity contribution in [3.8, 4) is 0 Å². The highest BCUT2D eigenvalue weighted by Crippen LogP contribution is 2.46. The van der Waals surface area contributed by atoms with Crippen LogP contribution in [-0.4, -0.2) is 0 Å². The van der Waals surface area contributed by atoms with Crippen molar-refractivity contribution in [1.82, 2.24) is 0 Å². The molecule has 0 amide bonds. The van der Waals surface area contributed by atoms with Crippen molar-refractivity contribution >= 4 is 0 Å². The zero-order chi connectivity index (χ0) is 22.2. The zero-order valence-corrected chi connectivity index (χ0v) is 21.7. The number of hydrogen-bond acceptors (Lipinski definition) is 0. The maximum atomic E-state index is 2.59. The summed E-state index contributed by atoms with van der Waals surface area (Å²) in [5.74, 6) is 8.15. The molecule has 0 aromatic heterocycles. The van der Waals surface area contributed by atoms with Crippen molar-refractivity contribution in [3.05, 3.63) is 24.3 Å². The van der Waals surface area contributed by atoms with E-state index in [1.54, 1.807) is 51.4 Å². The molecule has 0 atom stereocenters. The molecule has 32 heavy (non-hydrogen) atoms. The third kappa shape index (κ3) is 7.24. The first kappa shape index (κ1) is 24.6. The SMILES string of the molecule is CC=CC1CCC(/C=C/CCC2CCC(C3CCC(C4CCC(C)CC4)CC3)CC2)CC1. The van der Waals surface area contributed by atoms with Gasteiger partial charge in [0.15, 0.2) is 0 Å². The molecule has 0 radical (unpaired) electrons. The molecule has 0 heteroatoms. The summed E-state index contributed by atoms with van der Waals surface area (Å²) in [6.45, 7) is 4.64. The monoisotopic (exact) mass is 438 g/mol. The van der Waals surface area contributed by atoms with Gasteiger partial charge in [0.2, 0.25) is 0 Å². The summed E-state index contributed by atoms with van der Waals surface area (Å²) in [7, 11) is 0. The van der Waals surface area contributed by atoms with Crippen LogP contribution >= 0.6 is 0 Å². The van der Waals surface area contributed by atoms with Crippen LogP contribution in [0.2, 0.25) is 0 Å². The van der Waals surface area contributed by atoms with Crippen LogP contribution in [0.3, 0.4) is 0 Å². The Morgan fingerprint density at radius 1 is 0.531 bits per heavy atom. The molecule has 0 aromatic rings. The average Bonchev–Trinajstić information content (AvgIpc) is 2.84. The van der Waals surface area contributed by atoms with Crippen LogP contribution < -0.4 is 0 Å². The van der Waals surface area contributed by atoms with Gasteiger partial charge in [0.05, 0.1) is 0 Å². The predicted molar refractivity (Wildman–Crippen MR) is 141 cm³/mol. The zero-order valence-electron chi connectivity index (χ0n) is 21.7. The van der Waals surface area contributed by atoms with Crippen molar-refractivity contribution in [2.75, 3.05) is 0 Å². The fourth-order valence-corrected chi connectivity index (χ4v) is 8.22. The smallest absolute Gasteiger partial charge is 0.0233 e. The fourth-order valence-electron chi connectivity index (χ4n) is 8.22. The second kappa shape index (κ2) is 12.8. The minimum absolute atomic E-state index is 0.867. The molecule has 4 rings (SSSR count). The van der Waals surface area contributed by atoms with E-state index in [0.29, 0.717) is 0 Å². The molecule has 0 heterocycles. The third-order valence-electron chi connectivity index (χ3n) is 10.5. The molecule has 4 saturated carbocycles. The maximum Gasteiger partial charge on any atom is -0.0233 e. The van der Waals surface area contributed by atoms with Crippen molar-refractivity contribution in [3.63, 3.8) is 0 Å². The Morgan fingerprint density at radius 3 is 1.47 bits per heavy atom. The minimum Gasteiger partial charge on any atom is -0.0914 e. The summed E-state index contributed by atoms with van der Waals surface area (Å²) >= 11 is 0. The normalized spacial score (nSPS) is 41.9. The predicted octanol–water partition coefficient (Wildman–Crippen LogP) is 10.1. The van der Waals surface area contributed by atoms with E-state index >= 15 is 0 Å². The molecule has 0 spiro atoms. The van der Waals surface area contributed by atoms with Crippen LogP contribution in [-0.2, 0) is 0 Å². The van der Waals surface area contributed by atoms with Gasteiger partial charge in [-0.05, 0) is 144 Å². The second-order valence-electron chi connectivity index (χ2n) is 12.7. The first-order valence-corrected chi connectivity index (χ1v) is 15.0. The van der Waals surface area contributed by atoms with E-state index in [1.165, 1.54) is 64.2 Å². The third-order valence-corrected chi connectivity index (χ3v) is 10.5. The summed E-state index contributed by atoms with van der Waals surface area (Å²) < 4.78 is 0. The second-order valence-corrected chi connectivity index (χ2v) is 12.7. The van der Waals surface area contributed by atoms with Gasteiger partial charge in [-0.15, -0.1) is 0 Å². The summed E-state index contributed by atoms with van der Waals surface area (Å²) in [4.78, 5) is 0. The van der Waals surface area contributed by atoms with Gasteiger partial charge >= 0.3 is 0 Å². The molecule has 4 fully saturated rings. The molecule has 0 nitrogen and oxygen atoms in total. The summed E-state index contributed by atoms with van der Waals surface area (Å²) in [6.07, 6.45) is 36.9. The Hall–Kier alpha value is -0.520. The lowest BCUT2D eigenvalue weighted by molar-refractivity contribution is 0.105. The highest BCUT2D eigenvalue weighted by Gasteiger charge is 2.34. The first-order valence-electron chi connectivity index (χ1n) is 15.0. The number of allylic oxidation sites excluding steroid dienone is 4. The largest absolute Gasteiger partial charge is 0.0914 e. The standard InChI is InChI=1S/C32H54/c1-3-6-26-11-13-27(14-12-26)7-4-5-8-28-15-19-30(20-16-28)32-23-21-31(22-24-32)29-17-9-25(2)10-18-29/h3-4,6-7,25-32H,5,8-24H2,1-2H3/b6-3?,7-4+. The van der Waals surface area contributed by atoms with Crippen LogP contribution in [0.5, 0.6) is 0 Å². The van der Waals surface area contributed by atoms with E-state index in [1.807, 2.05) is 0 Å². The highest BCUT2D eigenvalue weighted by atomic mass is 14.4. The molecular weight excluding hydrogens is 384 g/mol. The summed E-state index contributed by atoms with van der Waals surface area (Å²) in [6, 6.07) is 0. The number of rotatable bonds is 7. The lowest BCUT2D eigenvalue weighted by atomic mass is 9.65. The van der Waals surface area contributed by atoms with Gasteiger partial charge < -0.3 is 0 Å². The van der Waals surface area contributed by atoms with Crippen LogP contribution in [0.1, 0.15) is 129 Å². The van der Waals surface area contributed by atoms with E-state index in [9.17, 15) is 0 Å². The molecule has 0 N–H and O–H groups in total. The fraction of sp³-hybridized carbons (Fsp3) is 0.875. The molecule has 0 aliphatic heterocycles. The lowest BCUT2D eigenvalue weighted by Gasteiger charge is -2.41. The quantitative estimate of drug-likeness (QED) is 0.347. The van der Waals surface area contributed by atoms with Gasteiger partial charge in [-0.1, -0.05) is 56.9 Å². The van der Waals surface area contributed by atoms with Gasteiger partial charge in [-0.2, -0.15) is 0 Å². The van der Waals surface area contributed by atoms with E-state index in [4.69, 9.17) is 0 Å². The van der Waals surface area contributed by atoms with E-state index in [2.05, 4.69) is 38.2 Å². The Labute approximate surface area is 201 Å². The lowest BCUT2D eigenvalue weighted by Crippen LogP contribution is -2.29. The molecule has 0 bridgehead atoms. The molecule has 0 unspecified atom stereocenters. The minimum atomic E-state index is 0.867. The van der Waals surface area contributed by atoms with Gasteiger partial charge in [-0.25, -0.2) is 0 Å².